The molecule has 4 aliphatic rings. The summed E-state index contributed by atoms with van der Waals surface area (Å²) in [5.74, 6) is 1.81. The van der Waals surface area contributed by atoms with E-state index in [2.05, 4.69) is 4.90 Å². The minimum atomic E-state index is -0.0669. The van der Waals surface area contributed by atoms with Gasteiger partial charge >= 0.3 is 0 Å². The molecule has 0 aromatic heterocycles. The number of fused-ring (bicyclic) bond motifs is 3. The van der Waals surface area contributed by atoms with E-state index < -0.39 is 0 Å². The van der Waals surface area contributed by atoms with Crippen LogP contribution in [0.3, 0.4) is 0 Å². The minimum absolute atomic E-state index is 0.0669. The lowest BCUT2D eigenvalue weighted by molar-refractivity contribution is -0.245. The van der Waals surface area contributed by atoms with Crippen LogP contribution in [0.25, 0.3) is 0 Å². The molecule has 4 heteroatoms. The van der Waals surface area contributed by atoms with Gasteiger partial charge < -0.3 is 9.47 Å². The zero-order chi connectivity index (χ0) is 13.6. The first kappa shape index (κ1) is 13.2. The van der Waals surface area contributed by atoms with Crippen LogP contribution in [0.4, 0.5) is 0 Å². The Morgan fingerprint density at radius 1 is 1.15 bits per heavy atom. The summed E-state index contributed by atoms with van der Waals surface area (Å²) in [5, 5.41) is 0. The highest BCUT2D eigenvalue weighted by molar-refractivity contribution is 5.82. The quantitative estimate of drug-likeness (QED) is 0.734. The molecule has 0 unspecified atom stereocenters. The maximum atomic E-state index is 12.2. The van der Waals surface area contributed by atoms with Crippen LogP contribution >= 0.6 is 0 Å². The van der Waals surface area contributed by atoms with E-state index in [0.29, 0.717) is 24.2 Å². The topological polar surface area (TPSA) is 38.8 Å². The molecule has 0 bridgehead atoms. The molecule has 0 spiro atoms. The van der Waals surface area contributed by atoms with Crippen LogP contribution in [0.1, 0.15) is 38.5 Å². The molecule has 112 valence electrons. The highest BCUT2D eigenvalue weighted by atomic mass is 16.5. The van der Waals surface area contributed by atoms with E-state index in [0.717, 1.165) is 45.6 Å². The molecule has 20 heavy (non-hydrogen) atoms. The van der Waals surface area contributed by atoms with Crippen molar-refractivity contribution >= 4 is 5.78 Å². The molecule has 4 fully saturated rings. The second-order valence-electron chi connectivity index (χ2n) is 6.88. The van der Waals surface area contributed by atoms with Gasteiger partial charge in [-0.1, -0.05) is 0 Å². The largest absolute Gasteiger partial charge is 0.379 e. The van der Waals surface area contributed by atoms with Crippen molar-refractivity contribution in [2.75, 3.05) is 32.9 Å². The van der Waals surface area contributed by atoms with Crippen molar-refractivity contribution in [3.8, 4) is 0 Å². The Morgan fingerprint density at radius 2 is 2.00 bits per heavy atom. The Kier molecular flexibility index (Phi) is 3.36. The molecule has 2 saturated heterocycles. The fourth-order valence-corrected chi connectivity index (χ4v) is 5.21. The van der Waals surface area contributed by atoms with Gasteiger partial charge in [0.05, 0.1) is 19.8 Å². The molecule has 4 nitrogen and oxygen atoms in total. The number of carbonyl (C=O) groups is 1. The third kappa shape index (κ3) is 1.88. The number of ether oxygens (including phenoxy) is 2. The van der Waals surface area contributed by atoms with Gasteiger partial charge in [-0.15, -0.1) is 0 Å². The first-order valence-electron chi connectivity index (χ1n) is 8.31. The summed E-state index contributed by atoms with van der Waals surface area (Å²) in [6.07, 6.45) is 6.74. The van der Waals surface area contributed by atoms with Gasteiger partial charge in [0.15, 0.2) is 0 Å². The average Bonchev–Trinajstić information content (AvgIpc) is 2.94. The second kappa shape index (κ2) is 5.08. The van der Waals surface area contributed by atoms with E-state index in [-0.39, 0.29) is 11.6 Å². The number of hydrogen-bond acceptors (Lipinski definition) is 4. The van der Waals surface area contributed by atoms with E-state index in [1.165, 1.54) is 19.3 Å². The highest BCUT2D eigenvalue weighted by Crippen LogP contribution is 2.53. The maximum absolute atomic E-state index is 12.2. The fourth-order valence-electron chi connectivity index (χ4n) is 5.21. The predicted octanol–water partition coefficient (Wildman–Crippen LogP) is 1.83. The number of carbonyl (C=O) groups excluding carboxylic acids is 1. The second-order valence-corrected chi connectivity index (χ2v) is 6.88. The maximum Gasteiger partial charge on any atom is 0.138 e. The lowest BCUT2D eigenvalue weighted by Crippen LogP contribution is -2.63. The predicted molar refractivity (Wildman–Crippen MR) is 74.3 cm³/mol. The van der Waals surface area contributed by atoms with Gasteiger partial charge in [-0.2, -0.15) is 0 Å². The first-order valence-corrected chi connectivity index (χ1v) is 8.31. The van der Waals surface area contributed by atoms with Crippen molar-refractivity contribution in [1.29, 1.82) is 0 Å². The summed E-state index contributed by atoms with van der Waals surface area (Å²) >= 11 is 0. The number of Topliss-reactive ketones (excluding diaryl/α,β-unsaturated/α-hetero) is 1. The number of ketones is 1. The Hall–Kier alpha value is -0.450. The van der Waals surface area contributed by atoms with Crippen LogP contribution in [0.2, 0.25) is 0 Å². The zero-order valence-corrected chi connectivity index (χ0v) is 12.2. The van der Waals surface area contributed by atoms with Gasteiger partial charge in [0.2, 0.25) is 0 Å². The van der Waals surface area contributed by atoms with E-state index in [9.17, 15) is 4.79 Å². The van der Waals surface area contributed by atoms with Crippen molar-refractivity contribution in [3.05, 3.63) is 0 Å². The Labute approximate surface area is 120 Å². The smallest absolute Gasteiger partial charge is 0.138 e. The average molecular weight is 279 g/mol. The molecular formula is C16H25NO3. The van der Waals surface area contributed by atoms with E-state index in [4.69, 9.17) is 9.47 Å². The fraction of sp³-hybridized carbons (Fsp3) is 0.938. The first-order chi connectivity index (χ1) is 9.81. The molecule has 0 aromatic rings. The van der Waals surface area contributed by atoms with Gasteiger partial charge in [-0.05, 0) is 38.0 Å². The van der Waals surface area contributed by atoms with Gasteiger partial charge in [-0.3, -0.25) is 9.69 Å². The van der Waals surface area contributed by atoms with Crippen molar-refractivity contribution in [2.24, 2.45) is 17.8 Å². The number of morpholine rings is 1. The van der Waals surface area contributed by atoms with Crippen LogP contribution < -0.4 is 0 Å². The van der Waals surface area contributed by atoms with E-state index in [1.54, 1.807) is 0 Å². The van der Waals surface area contributed by atoms with Crippen LogP contribution in [0.15, 0.2) is 0 Å². The van der Waals surface area contributed by atoms with Gasteiger partial charge in [0.1, 0.15) is 11.5 Å². The summed E-state index contributed by atoms with van der Waals surface area (Å²) in [6, 6.07) is 0. The summed E-state index contributed by atoms with van der Waals surface area (Å²) in [6.45, 7) is 4.29. The highest BCUT2D eigenvalue weighted by Gasteiger charge is 2.57. The Bertz CT molecular complexity index is 393. The third-order valence-corrected chi connectivity index (χ3v) is 6.10. The van der Waals surface area contributed by atoms with Gasteiger partial charge in [0, 0.05) is 31.3 Å². The van der Waals surface area contributed by atoms with Crippen molar-refractivity contribution < 1.29 is 14.3 Å². The van der Waals surface area contributed by atoms with E-state index in [1.807, 2.05) is 0 Å². The molecule has 2 aliphatic carbocycles. The monoisotopic (exact) mass is 279 g/mol. The molecule has 2 saturated carbocycles. The van der Waals surface area contributed by atoms with Crippen LogP contribution in [-0.4, -0.2) is 49.3 Å². The Morgan fingerprint density at radius 3 is 2.85 bits per heavy atom. The molecule has 0 aromatic carbocycles. The molecule has 2 aliphatic heterocycles. The molecule has 0 amide bonds. The van der Waals surface area contributed by atoms with Gasteiger partial charge in [-0.25, -0.2) is 0 Å². The van der Waals surface area contributed by atoms with Crippen LogP contribution in [0.5, 0.6) is 0 Å². The molecule has 2 heterocycles. The molecule has 0 radical (unpaired) electrons. The third-order valence-electron chi connectivity index (χ3n) is 6.10. The summed E-state index contributed by atoms with van der Waals surface area (Å²) in [4.78, 5) is 14.7. The lowest BCUT2D eigenvalue weighted by atomic mass is 9.67. The molecule has 0 N–H and O–H groups in total. The normalized spacial score (nSPS) is 46.0. The van der Waals surface area contributed by atoms with Crippen LogP contribution in [0, 0.1) is 17.8 Å². The molecular weight excluding hydrogens is 254 g/mol. The number of nitrogens with zero attached hydrogens (tertiary/aromatic N) is 1. The lowest BCUT2D eigenvalue weighted by Gasteiger charge is -2.54. The standard InChI is InChI=1S/C16H25NO3/c18-15-5-1-3-12-13(15)11-20-16(6-2-4-14(12)16)17-7-9-19-10-8-17/h12-14H,1-11H2/t12-,13+,14-,16-/m1/s1. The SMILES string of the molecule is O=C1CCC[C@@H]2[C@@H]1CO[C@]1(N3CCOCC3)CCC[C@H]21. The minimum Gasteiger partial charge on any atom is -0.379 e. The zero-order valence-electron chi connectivity index (χ0n) is 12.2. The summed E-state index contributed by atoms with van der Waals surface area (Å²) in [5.41, 5.74) is -0.0669. The van der Waals surface area contributed by atoms with Crippen LogP contribution in [-0.2, 0) is 14.3 Å². The summed E-state index contributed by atoms with van der Waals surface area (Å²) in [7, 11) is 0. The number of rotatable bonds is 1. The van der Waals surface area contributed by atoms with E-state index >= 15 is 0 Å². The van der Waals surface area contributed by atoms with Crippen molar-refractivity contribution in [1.82, 2.24) is 4.90 Å². The summed E-state index contributed by atoms with van der Waals surface area (Å²) < 4.78 is 11.9. The number of hydrogen-bond donors (Lipinski definition) is 0. The van der Waals surface area contributed by atoms with Crippen molar-refractivity contribution in [2.45, 2.75) is 44.2 Å². The van der Waals surface area contributed by atoms with Crippen molar-refractivity contribution in [3.63, 3.8) is 0 Å². The Balaban J connectivity index is 1.61. The molecule has 4 atom stereocenters. The molecule has 4 rings (SSSR count). The van der Waals surface area contributed by atoms with Gasteiger partial charge in [0.25, 0.3) is 0 Å².